The second-order valence-electron chi connectivity index (χ2n) is 4.55. The minimum absolute atomic E-state index is 0.0210. The Balaban J connectivity index is 1.86. The van der Waals surface area contributed by atoms with Crippen molar-refractivity contribution in [1.82, 2.24) is 5.43 Å². The topological polar surface area (TPSA) is 102 Å². The Morgan fingerprint density at radius 1 is 1.04 bits per heavy atom. The molecule has 0 fully saturated rings. The Kier molecular flexibility index (Phi) is 5.30. The molecule has 23 heavy (non-hydrogen) atoms. The molecule has 1 amide bonds. The first kappa shape index (κ1) is 16.0. The van der Waals surface area contributed by atoms with Crippen molar-refractivity contribution in [2.75, 3.05) is 0 Å². The van der Waals surface area contributed by atoms with Crippen molar-refractivity contribution in [2.45, 2.75) is 6.42 Å². The number of nitro groups is 1. The molecule has 0 spiro atoms. The summed E-state index contributed by atoms with van der Waals surface area (Å²) in [5.74, 6) is -0.623. The number of hydrazone groups is 1. The Bertz CT molecular complexity index is 740. The minimum Gasteiger partial charge on any atom is -0.294 e. The summed E-state index contributed by atoms with van der Waals surface area (Å²) in [6.07, 6.45) is 1.26. The predicted molar refractivity (Wildman–Crippen MR) is 84.4 cm³/mol. The highest BCUT2D eigenvalue weighted by Crippen LogP contribution is 2.12. The van der Waals surface area contributed by atoms with Crippen LogP contribution in [0.1, 0.15) is 27.1 Å². The number of hydrogen-bond donors (Lipinski definition) is 1. The standard InChI is InChI=1S/C16H13N3O4/c20-15(12-6-8-14(9-7-12)19(22)23)10-11-17-18-16(21)13-4-2-1-3-5-13/h1-9,11H,10H2,(H,18,21). The number of non-ortho nitro benzene ring substituents is 1. The van der Waals surface area contributed by atoms with Crippen molar-refractivity contribution >= 4 is 23.6 Å². The molecule has 1 N–H and O–H groups in total. The molecule has 0 aliphatic carbocycles. The molecule has 2 aromatic rings. The number of ketones is 1. The minimum atomic E-state index is -0.533. The van der Waals surface area contributed by atoms with E-state index >= 15 is 0 Å². The van der Waals surface area contributed by atoms with E-state index in [1.165, 1.54) is 30.5 Å². The molecule has 0 aliphatic rings. The van der Waals surface area contributed by atoms with Gasteiger partial charge in [-0.15, -0.1) is 0 Å². The third-order valence-electron chi connectivity index (χ3n) is 2.97. The van der Waals surface area contributed by atoms with Crippen LogP contribution in [0.15, 0.2) is 59.7 Å². The second-order valence-corrected chi connectivity index (χ2v) is 4.55. The van der Waals surface area contributed by atoms with Gasteiger partial charge in [-0.05, 0) is 24.3 Å². The number of nitrogens with one attached hydrogen (secondary N) is 1. The van der Waals surface area contributed by atoms with Gasteiger partial charge in [0.15, 0.2) is 5.78 Å². The van der Waals surface area contributed by atoms with Gasteiger partial charge >= 0.3 is 0 Å². The highest BCUT2D eigenvalue weighted by Gasteiger charge is 2.08. The fourth-order valence-corrected chi connectivity index (χ4v) is 1.77. The summed E-state index contributed by atoms with van der Waals surface area (Å²) in [7, 11) is 0. The van der Waals surface area contributed by atoms with Gasteiger partial charge in [0.2, 0.25) is 0 Å². The van der Waals surface area contributed by atoms with E-state index in [1.54, 1.807) is 30.3 Å². The number of carbonyl (C=O) groups is 2. The first-order valence-corrected chi connectivity index (χ1v) is 6.72. The van der Waals surface area contributed by atoms with Crippen LogP contribution in [0.2, 0.25) is 0 Å². The van der Waals surface area contributed by atoms with Crippen LogP contribution < -0.4 is 5.43 Å². The molecule has 7 heteroatoms. The van der Waals surface area contributed by atoms with Crippen molar-refractivity contribution in [3.8, 4) is 0 Å². The quantitative estimate of drug-likeness (QED) is 0.383. The first-order valence-electron chi connectivity index (χ1n) is 6.72. The van der Waals surface area contributed by atoms with Gasteiger partial charge in [0, 0.05) is 35.9 Å². The molecule has 0 bridgehead atoms. The number of benzene rings is 2. The maximum atomic E-state index is 11.9. The zero-order valence-corrected chi connectivity index (χ0v) is 12.0. The Morgan fingerprint density at radius 3 is 2.30 bits per heavy atom. The largest absolute Gasteiger partial charge is 0.294 e. The van der Waals surface area contributed by atoms with Crippen LogP contribution >= 0.6 is 0 Å². The zero-order valence-electron chi connectivity index (χ0n) is 12.0. The molecule has 0 atom stereocenters. The molecule has 2 aromatic carbocycles. The number of Topliss-reactive ketones (excluding diaryl/α,β-unsaturated/α-hetero) is 1. The molecule has 0 aliphatic heterocycles. The van der Waals surface area contributed by atoms with E-state index in [4.69, 9.17) is 0 Å². The second kappa shape index (κ2) is 7.60. The summed E-state index contributed by atoms with van der Waals surface area (Å²) in [5.41, 5.74) is 3.05. The molecule has 0 heterocycles. The lowest BCUT2D eigenvalue weighted by Gasteiger charge is -1.99. The first-order chi connectivity index (χ1) is 11.1. The molecular formula is C16H13N3O4. The summed E-state index contributed by atoms with van der Waals surface area (Å²) in [4.78, 5) is 33.6. The monoisotopic (exact) mass is 311 g/mol. The van der Waals surface area contributed by atoms with Gasteiger partial charge in [-0.25, -0.2) is 5.43 Å². The van der Waals surface area contributed by atoms with Crippen LogP contribution in [0.5, 0.6) is 0 Å². The molecule has 0 aromatic heterocycles. The van der Waals surface area contributed by atoms with E-state index in [1.807, 2.05) is 0 Å². The van der Waals surface area contributed by atoms with E-state index in [0.29, 0.717) is 11.1 Å². The lowest BCUT2D eigenvalue weighted by Crippen LogP contribution is -2.17. The van der Waals surface area contributed by atoms with Crippen LogP contribution in [0, 0.1) is 10.1 Å². The summed E-state index contributed by atoms with van der Waals surface area (Å²) in [5, 5.41) is 14.2. The predicted octanol–water partition coefficient (Wildman–Crippen LogP) is 2.58. The third-order valence-corrected chi connectivity index (χ3v) is 2.97. The van der Waals surface area contributed by atoms with Gasteiger partial charge in [-0.2, -0.15) is 5.10 Å². The lowest BCUT2D eigenvalue weighted by molar-refractivity contribution is -0.384. The summed E-state index contributed by atoms with van der Waals surface area (Å²) >= 11 is 0. The summed E-state index contributed by atoms with van der Waals surface area (Å²) < 4.78 is 0. The van der Waals surface area contributed by atoms with Crippen LogP contribution in [-0.2, 0) is 0 Å². The number of carbonyl (C=O) groups excluding carboxylic acids is 2. The molecule has 2 rings (SSSR count). The third kappa shape index (κ3) is 4.57. The molecule has 0 saturated carbocycles. The summed E-state index contributed by atoms with van der Waals surface area (Å²) in [6.45, 7) is 0. The van der Waals surface area contributed by atoms with Crippen LogP contribution in [0.25, 0.3) is 0 Å². The van der Waals surface area contributed by atoms with E-state index in [0.717, 1.165) is 0 Å². The van der Waals surface area contributed by atoms with Crippen molar-refractivity contribution in [2.24, 2.45) is 5.10 Å². The Labute approximate surface area is 131 Å². The molecule has 0 radical (unpaired) electrons. The normalized spacial score (nSPS) is 10.4. The zero-order chi connectivity index (χ0) is 16.7. The number of nitro benzene ring substituents is 1. The van der Waals surface area contributed by atoms with Gasteiger partial charge in [-0.3, -0.25) is 19.7 Å². The highest BCUT2D eigenvalue weighted by atomic mass is 16.6. The van der Waals surface area contributed by atoms with Gasteiger partial charge in [-0.1, -0.05) is 18.2 Å². The number of rotatable bonds is 6. The Morgan fingerprint density at radius 2 is 1.70 bits per heavy atom. The fourth-order valence-electron chi connectivity index (χ4n) is 1.77. The maximum Gasteiger partial charge on any atom is 0.271 e. The molecule has 7 nitrogen and oxygen atoms in total. The number of hydrogen-bond acceptors (Lipinski definition) is 5. The number of nitrogens with zero attached hydrogens (tertiary/aromatic N) is 2. The Hall–Kier alpha value is -3.35. The van der Waals surface area contributed by atoms with Crippen molar-refractivity contribution in [1.29, 1.82) is 0 Å². The van der Waals surface area contributed by atoms with Gasteiger partial charge in [0.1, 0.15) is 0 Å². The van der Waals surface area contributed by atoms with Crippen LogP contribution in [0.3, 0.4) is 0 Å². The lowest BCUT2D eigenvalue weighted by atomic mass is 10.1. The SMILES string of the molecule is O=C(CC=NNC(=O)c1ccccc1)c1ccc([N+](=O)[O-])cc1. The van der Waals surface area contributed by atoms with Crippen molar-refractivity contribution in [3.05, 3.63) is 75.8 Å². The molecule has 0 unspecified atom stereocenters. The highest BCUT2D eigenvalue weighted by molar-refractivity contribution is 6.04. The molecule has 116 valence electrons. The van der Waals surface area contributed by atoms with E-state index in [2.05, 4.69) is 10.5 Å². The maximum absolute atomic E-state index is 11.9. The number of amides is 1. The van der Waals surface area contributed by atoms with Gasteiger partial charge in [0.05, 0.1) is 4.92 Å². The molecule has 0 saturated heterocycles. The van der Waals surface area contributed by atoms with Gasteiger partial charge in [0.25, 0.3) is 11.6 Å². The fraction of sp³-hybridized carbons (Fsp3) is 0.0625. The van der Waals surface area contributed by atoms with Crippen LogP contribution in [-0.4, -0.2) is 22.8 Å². The van der Waals surface area contributed by atoms with Crippen molar-refractivity contribution in [3.63, 3.8) is 0 Å². The summed E-state index contributed by atoms with van der Waals surface area (Å²) in [6, 6.07) is 13.9. The van der Waals surface area contributed by atoms with E-state index in [9.17, 15) is 19.7 Å². The average molecular weight is 311 g/mol. The average Bonchev–Trinajstić information content (AvgIpc) is 2.59. The molecular weight excluding hydrogens is 298 g/mol. The van der Waals surface area contributed by atoms with E-state index < -0.39 is 4.92 Å². The smallest absolute Gasteiger partial charge is 0.271 e. The van der Waals surface area contributed by atoms with Crippen LogP contribution in [0.4, 0.5) is 5.69 Å². The van der Waals surface area contributed by atoms with Crippen molar-refractivity contribution < 1.29 is 14.5 Å². The van der Waals surface area contributed by atoms with E-state index in [-0.39, 0.29) is 23.8 Å². The van der Waals surface area contributed by atoms with Gasteiger partial charge < -0.3 is 0 Å².